The van der Waals surface area contributed by atoms with E-state index in [-0.39, 0.29) is 29.3 Å². The van der Waals surface area contributed by atoms with Crippen LogP contribution < -0.4 is 0 Å². The zero-order chi connectivity index (χ0) is 20.3. The predicted octanol–water partition coefficient (Wildman–Crippen LogP) is 4.69. The molecular weight excluding hydrogens is 352 g/mol. The van der Waals surface area contributed by atoms with Gasteiger partial charge in [-0.25, -0.2) is 0 Å². The molecule has 4 saturated carbocycles. The van der Waals surface area contributed by atoms with Crippen molar-refractivity contribution in [2.24, 2.45) is 46.3 Å². The van der Waals surface area contributed by atoms with Crippen molar-refractivity contribution in [1.29, 1.82) is 0 Å². The zero-order valence-corrected chi connectivity index (χ0v) is 17.8. The molecule has 0 saturated heterocycles. The molecule has 0 spiro atoms. The highest BCUT2D eigenvalue weighted by molar-refractivity contribution is 5.83. The Morgan fingerprint density at radius 1 is 1.11 bits per heavy atom. The summed E-state index contributed by atoms with van der Waals surface area (Å²) < 4.78 is 0. The summed E-state index contributed by atoms with van der Waals surface area (Å²) in [4.78, 5) is 24.2. The minimum Gasteiger partial charge on any atom is -0.481 e. The molecule has 0 aromatic carbocycles. The topological polar surface area (TPSA) is 74.6 Å². The van der Waals surface area contributed by atoms with Gasteiger partial charge in [-0.2, -0.15) is 0 Å². The van der Waals surface area contributed by atoms with E-state index < -0.39 is 5.97 Å². The summed E-state index contributed by atoms with van der Waals surface area (Å²) in [5.74, 6) is 2.54. The van der Waals surface area contributed by atoms with Crippen LogP contribution >= 0.6 is 0 Å². The first-order chi connectivity index (χ1) is 13.2. The number of Topliss-reactive ketones (excluding diaryl/α,β-unsaturated/α-hetero) is 1. The Bertz CT molecular complexity index is 645. The van der Waals surface area contributed by atoms with Gasteiger partial charge in [-0.05, 0) is 91.8 Å². The number of carbonyl (C=O) groups is 2. The predicted molar refractivity (Wildman–Crippen MR) is 108 cm³/mol. The van der Waals surface area contributed by atoms with Gasteiger partial charge in [-0.3, -0.25) is 9.59 Å². The lowest BCUT2D eigenvalue weighted by atomic mass is 9.44. The van der Waals surface area contributed by atoms with Crippen molar-refractivity contribution in [3.63, 3.8) is 0 Å². The van der Waals surface area contributed by atoms with Crippen LogP contribution in [0.1, 0.15) is 85.0 Å². The van der Waals surface area contributed by atoms with Gasteiger partial charge in [0.05, 0.1) is 6.10 Å². The molecule has 0 heterocycles. The van der Waals surface area contributed by atoms with Crippen molar-refractivity contribution >= 4 is 11.8 Å². The third-order valence-electron chi connectivity index (χ3n) is 10.0. The van der Waals surface area contributed by atoms with Gasteiger partial charge >= 0.3 is 5.97 Å². The molecule has 28 heavy (non-hydrogen) atoms. The molecule has 0 amide bonds. The zero-order valence-electron chi connectivity index (χ0n) is 17.8. The normalized spacial score (nSPS) is 49.1. The highest BCUT2D eigenvalue weighted by atomic mass is 16.4. The van der Waals surface area contributed by atoms with Gasteiger partial charge in [0.1, 0.15) is 5.78 Å². The van der Waals surface area contributed by atoms with Crippen molar-refractivity contribution in [1.82, 2.24) is 0 Å². The molecule has 9 atom stereocenters. The fourth-order valence-corrected chi connectivity index (χ4v) is 8.55. The van der Waals surface area contributed by atoms with Gasteiger partial charge in [0.25, 0.3) is 0 Å². The number of ketones is 1. The number of aliphatic hydroxyl groups is 1. The average molecular weight is 391 g/mol. The van der Waals surface area contributed by atoms with Crippen LogP contribution in [-0.2, 0) is 9.59 Å². The van der Waals surface area contributed by atoms with Crippen LogP contribution in [0, 0.1) is 46.3 Å². The van der Waals surface area contributed by atoms with Crippen molar-refractivity contribution < 1.29 is 19.8 Å². The van der Waals surface area contributed by atoms with Gasteiger partial charge in [0.2, 0.25) is 0 Å². The number of fused-ring (bicyclic) bond motifs is 5. The summed E-state index contributed by atoms with van der Waals surface area (Å²) in [7, 11) is 0. The lowest BCUT2D eigenvalue weighted by Crippen LogP contribution is -2.57. The molecule has 4 nitrogen and oxygen atoms in total. The number of aliphatic hydroxyl groups excluding tert-OH is 1. The Kier molecular flexibility index (Phi) is 5.17. The van der Waals surface area contributed by atoms with Crippen molar-refractivity contribution in [3.8, 4) is 0 Å². The minimum atomic E-state index is -0.688. The van der Waals surface area contributed by atoms with Crippen molar-refractivity contribution in [3.05, 3.63) is 0 Å². The molecule has 2 N–H and O–H groups in total. The summed E-state index contributed by atoms with van der Waals surface area (Å²) in [5, 5.41) is 19.2. The second-order valence-corrected chi connectivity index (χ2v) is 11.2. The van der Waals surface area contributed by atoms with Crippen LogP contribution in [0.4, 0.5) is 0 Å². The number of rotatable bonds is 4. The second kappa shape index (κ2) is 7.11. The average Bonchev–Trinajstić information content (AvgIpc) is 2.99. The number of hydrogen-bond acceptors (Lipinski definition) is 3. The smallest absolute Gasteiger partial charge is 0.303 e. The maximum atomic E-state index is 13.1. The molecule has 3 unspecified atom stereocenters. The van der Waals surface area contributed by atoms with Crippen LogP contribution in [0.15, 0.2) is 0 Å². The van der Waals surface area contributed by atoms with Crippen LogP contribution in [-0.4, -0.2) is 28.1 Å². The fourth-order valence-electron chi connectivity index (χ4n) is 8.55. The van der Waals surface area contributed by atoms with E-state index in [1.165, 1.54) is 25.7 Å². The first kappa shape index (κ1) is 20.4. The second-order valence-electron chi connectivity index (χ2n) is 11.2. The third-order valence-corrected chi connectivity index (χ3v) is 10.0. The Labute approximate surface area is 169 Å². The van der Waals surface area contributed by atoms with E-state index in [4.69, 9.17) is 5.11 Å². The first-order valence-electron chi connectivity index (χ1n) is 11.6. The lowest BCUT2D eigenvalue weighted by Gasteiger charge is -2.60. The monoisotopic (exact) mass is 390 g/mol. The summed E-state index contributed by atoms with van der Waals surface area (Å²) >= 11 is 0. The van der Waals surface area contributed by atoms with E-state index in [2.05, 4.69) is 20.8 Å². The summed E-state index contributed by atoms with van der Waals surface area (Å²) in [5.41, 5.74) is 0.338. The van der Waals surface area contributed by atoms with E-state index in [1.54, 1.807) is 0 Å². The van der Waals surface area contributed by atoms with E-state index >= 15 is 0 Å². The highest BCUT2D eigenvalue weighted by Crippen LogP contribution is 2.67. The van der Waals surface area contributed by atoms with Crippen molar-refractivity contribution in [2.45, 2.75) is 91.1 Å². The molecule has 4 fully saturated rings. The lowest BCUT2D eigenvalue weighted by molar-refractivity contribution is -0.160. The van der Waals surface area contributed by atoms with Gasteiger partial charge < -0.3 is 10.2 Å². The third kappa shape index (κ3) is 3.05. The molecule has 4 aliphatic carbocycles. The van der Waals surface area contributed by atoms with Gasteiger partial charge in [0.15, 0.2) is 0 Å². The quantitative estimate of drug-likeness (QED) is 0.730. The molecule has 4 aliphatic rings. The van der Waals surface area contributed by atoms with Crippen LogP contribution in [0.3, 0.4) is 0 Å². The molecule has 0 bridgehead atoms. The molecule has 0 aliphatic heterocycles. The molecule has 0 aromatic heterocycles. The Balaban J connectivity index is 1.55. The van der Waals surface area contributed by atoms with E-state index in [1.807, 2.05) is 0 Å². The number of carbonyl (C=O) groups excluding carboxylic acids is 1. The van der Waals surface area contributed by atoms with E-state index in [0.717, 1.165) is 19.3 Å². The van der Waals surface area contributed by atoms with Crippen LogP contribution in [0.2, 0.25) is 0 Å². The number of carboxylic acids is 1. The van der Waals surface area contributed by atoms with Crippen molar-refractivity contribution in [2.75, 3.05) is 0 Å². The number of carboxylic acid groups (broad SMARTS) is 1. The summed E-state index contributed by atoms with van der Waals surface area (Å²) in [6.45, 7) is 7.05. The molecule has 0 aromatic rings. The molecule has 0 radical (unpaired) electrons. The van der Waals surface area contributed by atoms with Gasteiger partial charge in [0, 0.05) is 18.8 Å². The fraction of sp³-hybridized carbons (Fsp3) is 0.917. The first-order valence-corrected chi connectivity index (χ1v) is 11.6. The Morgan fingerprint density at radius 2 is 1.79 bits per heavy atom. The maximum absolute atomic E-state index is 13.1. The summed E-state index contributed by atoms with van der Waals surface area (Å²) in [6, 6.07) is 0. The van der Waals surface area contributed by atoms with Gasteiger partial charge in [-0.1, -0.05) is 20.8 Å². The maximum Gasteiger partial charge on any atom is 0.303 e. The molecule has 4 rings (SSSR count). The molecular formula is C24H38O4. The Hall–Kier alpha value is -0.900. The highest BCUT2D eigenvalue weighted by Gasteiger charge is 2.62. The summed E-state index contributed by atoms with van der Waals surface area (Å²) in [6.07, 6.45) is 8.80. The van der Waals surface area contributed by atoms with Gasteiger partial charge in [-0.15, -0.1) is 0 Å². The van der Waals surface area contributed by atoms with Crippen LogP contribution in [0.25, 0.3) is 0 Å². The largest absolute Gasteiger partial charge is 0.481 e. The van der Waals surface area contributed by atoms with E-state index in [0.29, 0.717) is 48.2 Å². The Morgan fingerprint density at radius 3 is 2.50 bits per heavy atom. The SMILES string of the molecule is C[C@H](CCC(=O)O)[C@H]1CCC2C3CC(=O)[C@H]4C[C@H](O)CC[C@]4(C)C3CC[C@@]21C. The molecule has 158 valence electrons. The number of aliphatic carboxylic acids is 1. The standard InChI is InChI=1S/C24H38O4/c1-14(4-7-22(27)28)17-5-6-18-16-13-21(26)20-12-15(25)8-10-24(20,3)19(16)9-11-23(17,18)2/h14-20,25H,4-13H2,1-3H3,(H,27,28)/t14-,15-,16?,17-,18?,19?,20-,23-,24-/m1/s1. The minimum absolute atomic E-state index is 0.0635. The van der Waals surface area contributed by atoms with Crippen LogP contribution in [0.5, 0.6) is 0 Å². The van der Waals surface area contributed by atoms with E-state index in [9.17, 15) is 14.7 Å². The molecule has 4 heteroatoms. The number of hydrogen-bond donors (Lipinski definition) is 2.